The minimum absolute atomic E-state index is 0.423. The van der Waals surface area contributed by atoms with Crippen LogP contribution in [0.1, 0.15) is 22.2 Å². The summed E-state index contributed by atoms with van der Waals surface area (Å²) >= 11 is 1.48. The predicted molar refractivity (Wildman–Crippen MR) is 114 cm³/mol. The Morgan fingerprint density at radius 3 is 2.43 bits per heavy atom. The normalized spacial score (nSPS) is 16.5. The van der Waals surface area contributed by atoms with E-state index in [0.717, 1.165) is 27.9 Å². The SMILES string of the molecule is O=C1NC(c2ccccc2)=C(c2nc3ccccc3s2)[C@H](c2ccc(F)c(F)c2)N1. The summed E-state index contributed by atoms with van der Waals surface area (Å²) in [6.45, 7) is 0. The van der Waals surface area contributed by atoms with E-state index in [4.69, 9.17) is 4.98 Å². The zero-order valence-electron chi connectivity index (χ0n) is 15.5. The Bertz CT molecular complexity index is 1270. The van der Waals surface area contributed by atoms with Crippen molar-refractivity contribution < 1.29 is 13.6 Å². The van der Waals surface area contributed by atoms with E-state index in [1.54, 1.807) is 0 Å². The number of benzene rings is 3. The zero-order chi connectivity index (χ0) is 20.7. The highest BCUT2D eigenvalue weighted by Crippen LogP contribution is 2.41. The van der Waals surface area contributed by atoms with E-state index >= 15 is 0 Å². The molecule has 0 saturated heterocycles. The quantitative estimate of drug-likeness (QED) is 0.461. The maximum atomic E-state index is 14.0. The van der Waals surface area contributed by atoms with Crippen LogP contribution in [-0.2, 0) is 0 Å². The van der Waals surface area contributed by atoms with Crippen LogP contribution in [0.3, 0.4) is 0 Å². The van der Waals surface area contributed by atoms with Gasteiger partial charge in [0.25, 0.3) is 0 Å². The summed E-state index contributed by atoms with van der Waals surface area (Å²) in [4.78, 5) is 17.2. The fraction of sp³-hybridized carbons (Fsp3) is 0.0435. The summed E-state index contributed by atoms with van der Waals surface area (Å²) < 4.78 is 28.6. The first-order chi connectivity index (χ1) is 14.6. The number of para-hydroxylation sites is 1. The first-order valence-electron chi connectivity index (χ1n) is 9.28. The van der Waals surface area contributed by atoms with Gasteiger partial charge in [-0.25, -0.2) is 18.6 Å². The van der Waals surface area contributed by atoms with E-state index in [0.29, 0.717) is 21.8 Å². The van der Waals surface area contributed by atoms with E-state index in [1.807, 2.05) is 54.6 Å². The molecule has 4 nitrogen and oxygen atoms in total. The topological polar surface area (TPSA) is 54.0 Å². The summed E-state index contributed by atoms with van der Waals surface area (Å²) in [5, 5.41) is 6.41. The number of thiazole rings is 1. The second kappa shape index (κ2) is 7.35. The third kappa shape index (κ3) is 3.23. The van der Waals surface area contributed by atoms with Gasteiger partial charge in [0.1, 0.15) is 5.01 Å². The van der Waals surface area contributed by atoms with Crippen LogP contribution in [0, 0.1) is 11.6 Å². The molecule has 1 aliphatic heterocycles. The zero-order valence-corrected chi connectivity index (χ0v) is 16.3. The summed E-state index contributed by atoms with van der Waals surface area (Å²) in [7, 11) is 0. The Morgan fingerprint density at radius 1 is 0.900 bits per heavy atom. The lowest BCUT2D eigenvalue weighted by Gasteiger charge is -2.30. The lowest BCUT2D eigenvalue weighted by Crippen LogP contribution is -2.43. The number of aromatic nitrogens is 1. The minimum atomic E-state index is -0.967. The number of rotatable bonds is 3. The summed E-state index contributed by atoms with van der Waals surface area (Å²) in [6.07, 6.45) is 0. The molecule has 1 atom stereocenters. The van der Waals surface area contributed by atoms with Gasteiger partial charge in [-0.2, -0.15) is 0 Å². The number of nitrogens with one attached hydrogen (secondary N) is 2. The Kier molecular flexibility index (Phi) is 4.52. The number of hydrogen-bond donors (Lipinski definition) is 2. The van der Waals surface area contributed by atoms with Gasteiger partial charge in [0, 0.05) is 5.57 Å². The second-order valence-corrected chi connectivity index (χ2v) is 7.88. The van der Waals surface area contributed by atoms with E-state index in [1.165, 1.54) is 17.4 Å². The number of carbonyl (C=O) groups is 1. The Hall–Kier alpha value is -3.58. The molecule has 0 radical (unpaired) electrons. The fourth-order valence-electron chi connectivity index (χ4n) is 3.56. The van der Waals surface area contributed by atoms with Gasteiger partial charge in [0.2, 0.25) is 0 Å². The van der Waals surface area contributed by atoms with E-state index in [-0.39, 0.29) is 0 Å². The predicted octanol–water partition coefficient (Wildman–Crippen LogP) is 5.50. The molecule has 0 fully saturated rings. The van der Waals surface area contributed by atoms with Gasteiger partial charge in [0.15, 0.2) is 11.6 Å². The molecule has 0 saturated carbocycles. The molecular weight excluding hydrogens is 404 g/mol. The van der Waals surface area contributed by atoms with Crippen LogP contribution >= 0.6 is 11.3 Å². The lowest BCUT2D eigenvalue weighted by molar-refractivity contribution is 0.242. The van der Waals surface area contributed by atoms with E-state index in [2.05, 4.69) is 10.6 Å². The van der Waals surface area contributed by atoms with Crippen molar-refractivity contribution in [1.82, 2.24) is 15.6 Å². The van der Waals surface area contributed by atoms with E-state index < -0.39 is 23.7 Å². The molecule has 7 heteroatoms. The van der Waals surface area contributed by atoms with Crippen LogP contribution < -0.4 is 10.6 Å². The molecule has 1 aliphatic rings. The molecule has 1 aromatic heterocycles. The second-order valence-electron chi connectivity index (χ2n) is 6.85. The van der Waals surface area contributed by atoms with Crippen molar-refractivity contribution in [2.45, 2.75) is 6.04 Å². The van der Waals surface area contributed by atoms with Crippen molar-refractivity contribution in [3.63, 3.8) is 0 Å². The molecule has 5 rings (SSSR count). The number of amides is 2. The van der Waals surface area contributed by atoms with Gasteiger partial charge in [-0.05, 0) is 35.4 Å². The molecule has 3 aromatic carbocycles. The van der Waals surface area contributed by atoms with Gasteiger partial charge >= 0.3 is 6.03 Å². The third-order valence-corrected chi connectivity index (χ3v) is 6.01. The largest absolute Gasteiger partial charge is 0.327 e. The van der Waals surface area contributed by atoms with Crippen LogP contribution in [0.2, 0.25) is 0 Å². The van der Waals surface area contributed by atoms with Gasteiger partial charge < -0.3 is 10.6 Å². The molecule has 148 valence electrons. The number of urea groups is 1. The number of fused-ring (bicyclic) bond motifs is 1. The molecular formula is C23H15F2N3OS. The van der Waals surface area contributed by atoms with Crippen LogP contribution in [0.5, 0.6) is 0 Å². The molecule has 0 unspecified atom stereocenters. The Labute approximate surface area is 174 Å². The van der Waals surface area contributed by atoms with Gasteiger partial charge in [-0.3, -0.25) is 0 Å². The molecule has 0 aliphatic carbocycles. The van der Waals surface area contributed by atoms with Crippen molar-refractivity contribution >= 4 is 38.9 Å². The van der Waals surface area contributed by atoms with Gasteiger partial charge in [0.05, 0.1) is 22.0 Å². The standard InChI is InChI=1S/C23H15F2N3OS/c24-15-11-10-14(12-16(15)25)21-19(22-26-17-8-4-5-9-18(17)30-22)20(27-23(29)28-21)13-6-2-1-3-7-13/h1-12,21H,(H2,27,28,29)/t21-/m0/s1. The molecule has 2 heterocycles. The molecule has 4 aromatic rings. The van der Waals surface area contributed by atoms with E-state index in [9.17, 15) is 13.6 Å². The molecule has 2 N–H and O–H groups in total. The highest BCUT2D eigenvalue weighted by Gasteiger charge is 2.32. The van der Waals surface area contributed by atoms with Crippen molar-refractivity contribution in [3.05, 3.63) is 101 Å². The molecule has 0 spiro atoms. The first-order valence-corrected chi connectivity index (χ1v) is 10.1. The van der Waals surface area contributed by atoms with Crippen molar-refractivity contribution in [2.24, 2.45) is 0 Å². The number of hydrogen-bond acceptors (Lipinski definition) is 3. The van der Waals surface area contributed by atoms with Crippen LogP contribution in [0.4, 0.5) is 13.6 Å². The van der Waals surface area contributed by atoms with Crippen LogP contribution in [0.25, 0.3) is 21.5 Å². The van der Waals surface area contributed by atoms with Crippen LogP contribution in [0.15, 0.2) is 72.8 Å². The molecule has 0 bridgehead atoms. The Balaban J connectivity index is 1.77. The maximum Gasteiger partial charge on any atom is 0.320 e. The third-order valence-electron chi connectivity index (χ3n) is 4.94. The number of nitrogens with zero attached hydrogens (tertiary/aromatic N) is 1. The summed E-state index contributed by atoms with van der Waals surface area (Å²) in [5.41, 5.74) is 3.36. The number of halogens is 2. The Morgan fingerprint density at radius 2 is 1.67 bits per heavy atom. The van der Waals surface area contributed by atoms with Crippen molar-refractivity contribution in [2.75, 3.05) is 0 Å². The maximum absolute atomic E-state index is 14.0. The summed E-state index contributed by atoms with van der Waals surface area (Å²) in [5.74, 6) is -1.90. The first kappa shape index (κ1) is 18.4. The highest BCUT2D eigenvalue weighted by atomic mass is 32.1. The summed E-state index contributed by atoms with van der Waals surface area (Å²) in [6, 6.07) is 19.7. The minimum Gasteiger partial charge on any atom is -0.327 e. The van der Waals surface area contributed by atoms with Crippen molar-refractivity contribution in [1.29, 1.82) is 0 Å². The smallest absolute Gasteiger partial charge is 0.320 e. The monoisotopic (exact) mass is 419 g/mol. The average Bonchev–Trinajstić information content (AvgIpc) is 3.19. The molecule has 30 heavy (non-hydrogen) atoms. The highest BCUT2D eigenvalue weighted by molar-refractivity contribution is 7.19. The fourth-order valence-corrected chi connectivity index (χ4v) is 4.60. The lowest BCUT2D eigenvalue weighted by atomic mass is 9.93. The van der Waals surface area contributed by atoms with Crippen LogP contribution in [-0.4, -0.2) is 11.0 Å². The van der Waals surface area contributed by atoms with Crippen molar-refractivity contribution in [3.8, 4) is 0 Å². The van der Waals surface area contributed by atoms with Gasteiger partial charge in [-0.15, -0.1) is 11.3 Å². The molecule has 2 amide bonds. The average molecular weight is 419 g/mol. The number of carbonyl (C=O) groups excluding carboxylic acids is 1. The van der Waals surface area contributed by atoms with Gasteiger partial charge in [-0.1, -0.05) is 48.5 Å².